The summed E-state index contributed by atoms with van der Waals surface area (Å²) in [5, 5.41) is 21.1. The van der Waals surface area contributed by atoms with Crippen molar-refractivity contribution in [2.75, 3.05) is 13.7 Å². The van der Waals surface area contributed by atoms with Crippen molar-refractivity contribution in [3.8, 4) is 0 Å². The Bertz CT molecular complexity index is 576. The third-order valence-corrected chi connectivity index (χ3v) is 4.08. The summed E-state index contributed by atoms with van der Waals surface area (Å²) in [5.74, 6) is 0.302. The number of ether oxygens (including phenoxy) is 3. The normalized spacial score (nSPS) is 34.6. The number of methoxy groups -OCH3 is 1. The van der Waals surface area contributed by atoms with Gasteiger partial charge < -0.3 is 24.4 Å². The third kappa shape index (κ3) is 2.95. The molecule has 0 aliphatic carbocycles. The molecule has 22 heavy (non-hydrogen) atoms. The molecule has 0 saturated carbocycles. The SMILES string of the molecule is CO[C@H]1O[C@@H]2CN=C(c3cc(Cl)cc(Cl)c3)O[C@H]2[C@H](O)[C@@H]1O. The quantitative estimate of drug-likeness (QED) is 0.840. The van der Waals surface area contributed by atoms with E-state index < -0.39 is 30.7 Å². The number of hydrogen-bond acceptors (Lipinski definition) is 6. The van der Waals surface area contributed by atoms with Gasteiger partial charge in [-0.25, -0.2) is 4.99 Å². The first-order chi connectivity index (χ1) is 10.5. The first-order valence-electron chi connectivity index (χ1n) is 6.71. The lowest BCUT2D eigenvalue weighted by molar-refractivity contribution is -0.287. The molecule has 0 amide bonds. The van der Waals surface area contributed by atoms with Crippen LogP contribution in [0.15, 0.2) is 23.2 Å². The summed E-state index contributed by atoms with van der Waals surface area (Å²) < 4.78 is 16.2. The molecular formula is C14H15Cl2NO5. The van der Waals surface area contributed by atoms with Crippen LogP contribution in [0.5, 0.6) is 0 Å². The van der Waals surface area contributed by atoms with Crippen molar-refractivity contribution in [2.24, 2.45) is 4.99 Å². The average Bonchev–Trinajstić information content (AvgIpc) is 2.49. The molecule has 1 fully saturated rings. The monoisotopic (exact) mass is 347 g/mol. The molecule has 2 heterocycles. The van der Waals surface area contributed by atoms with E-state index in [4.69, 9.17) is 37.4 Å². The predicted octanol–water partition coefficient (Wildman–Crippen LogP) is 1.23. The fourth-order valence-electron chi connectivity index (χ4n) is 2.57. The maximum Gasteiger partial charge on any atom is 0.216 e. The van der Waals surface area contributed by atoms with E-state index >= 15 is 0 Å². The smallest absolute Gasteiger partial charge is 0.216 e. The summed E-state index contributed by atoms with van der Waals surface area (Å²) in [7, 11) is 1.40. The highest BCUT2D eigenvalue weighted by Crippen LogP contribution is 2.29. The van der Waals surface area contributed by atoms with Gasteiger partial charge in [0.25, 0.3) is 0 Å². The van der Waals surface area contributed by atoms with Gasteiger partial charge in [-0.05, 0) is 18.2 Å². The Morgan fingerprint density at radius 1 is 1.18 bits per heavy atom. The molecule has 120 valence electrons. The molecule has 0 radical (unpaired) electrons. The van der Waals surface area contributed by atoms with E-state index in [-0.39, 0.29) is 6.54 Å². The fourth-order valence-corrected chi connectivity index (χ4v) is 3.09. The van der Waals surface area contributed by atoms with E-state index in [0.29, 0.717) is 21.5 Å². The van der Waals surface area contributed by atoms with Crippen molar-refractivity contribution in [1.82, 2.24) is 0 Å². The summed E-state index contributed by atoms with van der Waals surface area (Å²) in [6.45, 7) is 0.272. The molecule has 5 atom stereocenters. The molecule has 3 rings (SSSR count). The number of nitrogens with zero attached hydrogens (tertiary/aromatic N) is 1. The van der Waals surface area contributed by atoms with Crippen LogP contribution < -0.4 is 0 Å². The Labute approximate surface area is 137 Å². The Balaban J connectivity index is 1.85. The van der Waals surface area contributed by atoms with Gasteiger partial charge in [-0.1, -0.05) is 23.2 Å². The molecule has 1 aromatic rings. The highest BCUT2D eigenvalue weighted by atomic mass is 35.5. The van der Waals surface area contributed by atoms with Crippen molar-refractivity contribution in [1.29, 1.82) is 0 Å². The Kier molecular flexibility index (Phi) is 4.59. The van der Waals surface area contributed by atoms with Crippen molar-refractivity contribution >= 4 is 29.1 Å². The molecule has 2 aliphatic rings. The summed E-state index contributed by atoms with van der Waals surface area (Å²) >= 11 is 11.9. The van der Waals surface area contributed by atoms with Gasteiger partial charge in [0.15, 0.2) is 12.4 Å². The van der Waals surface area contributed by atoms with Crippen LogP contribution in [0.25, 0.3) is 0 Å². The second-order valence-electron chi connectivity index (χ2n) is 5.15. The highest BCUT2D eigenvalue weighted by Gasteiger charge is 2.48. The number of hydrogen-bond donors (Lipinski definition) is 2. The topological polar surface area (TPSA) is 80.5 Å². The summed E-state index contributed by atoms with van der Waals surface area (Å²) in [5.41, 5.74) is 0.603. The second-order valence-corrected chi connectivity index (χ2v) is 6.02. The van der Waals surface area contributed by atoms with Gasteiger partial charge in [-0.3, -0.25) is 0 Å². The molecule has 8 heteroatoms. The summed E-state index contributed by atoms with van der Waals surface area (Å²) in [6.07, 6.45) is -4.50. The fraction of sp³-hybridized carbons (Fsp3) is 0.500. The van der Waals surface area contributed by atoms with Crippen molar-refractivity contribution in [3.63, 3.8) is 0 Å². The zero-order valence-corrected chi connectivity index (χ0v) is 13.2. The standard InChI is InChI=1S/C14H15Cl2NO5/c1-20-14-11(19)10(18)12-9(21-14)5-17-13(22-12)6-2-7(15)4-8(16)3-6/h2-4,9-12,14,18-19H,5H2,1H3/t9-,10-,11+,12-,14+/m1/s1. The number of benzene rings is 1. The lowest BCUT2D eigenvalue weighted by Gasteiger charge is -2.43. The van der Waals surface area contributed by atoms with Crippen molar-refractivity contribution in [3.05, 3.63) is 33.8 Å². The van der Waals surface area contributed by atoms with Gasteiger partial charge in [0.05, 0.1) is 6.54 Å². The number of halogens is 2. The van der Waals surface area contributed by atoms with E-state index in [2.05, 4.69) is 4.99 Å². The zero-order chi connectivity index (χ0) is 15.9. The molecule has 2 N–H and O–H groups in total. The molecule has 1 saturated heterocycles. The Morgan fingerprint density at radius 2 is 1.86 bits per heavy atom. The minimum atomic E-state index is -1.20. The average molecular weight is 348 g/mol. The summed E-state index contributed by atoms with van der Waals surface area (Å²) in [4.78, 5) is 4.30. The van der Waals surface area contributed by atoms with Crippen molar-refractivity contribution < 1.29 is 24.4 Å². The van der Waals surface area contributed by atoms with Crippen molar-refractivity contribution in [2.45, 2.75) is 30.7 Å². The maximum absolute atomic E-state index is 10.2. The predicted molar refractivity (Wildman–Crippen MR) is 80.4 cm³/mol. The number of aliphatic hydroxyl groups excluding tert-OH is 2. The van der Waals surface area contributed by atoms with E-state index in [0.717, 1.165) is 0 Å². The number of rotatable bonds is 2. The zero-order valence-electron chi connectivity index (χ0n) is 11.6. The van der Waals surface area contributed by atoms with Crippen LogP contribution >= 0.6 is 23.2 Å². The lowest BCUT2D eigenvalue weighted by atomic mass is 9.97. The van der Waals surface area contributed by atoms with Gasteiger partial charge >= 0.3 is 0 Å². The highest BCUT2D eigenvalue weighted by molar-refractivity contribution is 6.35. The van der Waals surface area contributed by atoms with Gasteiger partial charge in [-0.15, -0.1) is 0 Å². The first-order valence-corrected chi connectivity index (χ1v) is 7.47. The maximum atomic E-state index is 10.2. The summed E-state index contributed by atoms with van der Waals surface area (Å²) in [6, 6.07) is 4.93. The lowest BCUT2D eigenvalue weighted by Crippen LogP contribution is -2.61. The van der Waals surface area contributed by atoms with E-state index in [9.17, 15) is 10.2 Å². The van der Waals surface area contributed by atoms with Crippen LogP contribution in [0.4, 0.5) is 0 Å². The molecule has 0 unspecified atom stereocenters. The van der Waals surface area contributed by atoms with E-state index in [1.807, 2.05) is 0 Å². The Hall–Kier alpha value is -0.890. The van der Waals surface area contributed by atoms with Gasteiger partial charge in [0.2, 0.25) is 5.90 Å². The molecule has 0 aromatic heterocycles. The van der Waals surface area contributed by atoms with Crippen LogP contribution in [-0.4, -0.2) is 60.5 Å². The van der Waals surface area contributed by atoms with Crippen LogP contribution in [0.3, 0.4) is 0 Å². The number of fused-ring (bicyclic) bond motifs is 1. The molecule has 0 spiro atoms. The third-order valence-electron chi connectivity index (χ3n) is 3.65. The van der Waals surface area contributed by atoms with Crippen LogP contribution in [0.1, 0.15) is 5.56 Å². The number of aliphatic hydroxyl groups is 2. The van der Waals surface area contributed by atoms with Crippen LogP contribution in [-0.2, 0) is 14.2 Å². The molecule has 2 aliphatic heterocycles. The molecule has 6 nitrogen and oxygen atoms in total. The van der Waals surface area contributed by atoms with Gasteiger partial charge in [0, 0.05) is 22.7 Å². The van der Waals surface area contributed by atoms with E-state index in [1.165, 1.54) is 7.11 Å². The largest absolute Gasteiger partial charge is 0.468 e. The number of aliphatic imine (C=N–C) groups is 1. The molecule has 1 aromatic carbocycles. The minimum absolute atomic E-state index is 0.272. The Morgan fingerprint density at radius 3 is 2.50 bits per heavy atom. The molecule has 0 bridgehead atoms. The molecular weight excluding hydrogens is 333 g/mol. The minimum Gasteiger partial charge on any atom is -0.468 e. The van der Waals surface area contributed by atoms with Crippen LogP contribution in [0.2, 0.25) is 10.0 Å². The second kappa shape index (κ2) is 6.31. The van der Waals surface area contributed by atoms with Crippen LogP contribution in [0, 0.1) is 0 Å². The van der Waals surface area contributed by atoms with E-state index in [1.54, 1.807) is 18.2 Å². The van der Waals surface area contributed by atoms with Gasteiger partial charge in [-0.2, -0.15) is 0 Å². The first kappa shape index (κ1) is 16.0. The van der Waals surface area contributed by atoms with Gasteiger partial charge in [0.1, 0.15) is 18.3 Å².